The summed E-state index contributed by atoms with van der Waals surface area (Å²) in [5.41, 5.74) is 2.19. The van der Waals surface area contributed by atoms with Gasteiger partial charge >= 0.3 is 0 Å². The van der Waals surface area contributed by atoms with Crippen molar-refractivity contribution in [2.45, 2.75) is 43.1 Å². The number of amides is 1. The topological polar surface area (TPSA) is 89.8 Å². The Balaban J connectivity index is 1.52. The van der Waals surface area contributed by atoms with Crippen LogP contribution in [0.2, 0.25) is 0 Å². The van der Waals surface area contributed by atoms with E-state index in [9.17, 15) is 9.59 Å². The summed E-state index contributed by atoms with van der Waals surface area (Å²) in [4.78, 5) is 28.2. The van der Waals surface area contributed by atoms with Crippen molar-refractivity contribution < 1.29 is 9.59 Å². The Hall–Kier alpha value is -3.00. The van der Waals surface area contributed by atoms with Crippen molar-refractivity contribution in [1.82, 2.24) is 19.7 Å². The van der Waals surface area contributed by atoms with Gasteiger partial charge in [0.25, 0.3) is 0 Å². The van der Waals surface area contributed by atoms with Crippen molar-refractivity contribution in [1.29, 1.82) is 0 Å². The van der Waals surface area contributed by atoms with E-state index in [2.05, 4.69) is 25.1 Å². The molecular formula is C21H21N5O2S. The summed E-state index contributed by atoms with van der Waals surface area (Å²) >= 11 is 1.42. The Morgan fingerprint density at radius 3 is 2.55 bits per heavy atom. The third kappa shape index (κ3) is 4.37. The van der Waals surface area contributed by atoms with Crippen LogP contribution in [0.15, 0.2) is 53.9 Å². The molecule has 0 saturated heterocycles. The monoisotopic (exact) mass is 407 g/mol. The Kier molecular flexibility index (Phi) is 5.44. The molecular weight excluding hydrogens is 386 g/mol. The Morgan fingerprint density at radius 1 is 1.17 bits per heavy atom. The number of Topliss-reactive ketones (excluding diaryl/α,β-unsaturated/α-hetero) is 1. The SMILES string of the molecule is CC(=O)Nc1ccc(C(=O)[C@H](C)Sc2nnc(-c3cccnc3)n2C2CC2)cc1. The van der Waals surface area contributed by atoms with Gasteiger partial charge in [0.05, 0.1) is 5.25 Å². The third-order valence-electron chi connectivity index (χ3n) is 4.64. The molecule has 0 spiro atoms. The highest BCUT2D eigenvalue weighted by atomic mass is 32.2. The van der Waals surface area contributed by atoms with Crippen molar-refractivity contribution in [3.8, 4) is 11.4 Å². The lowest BCUT2D eigenvalue weighted by Crippen LogP contribution is -2.15. The predicted octanol–water partition coefficient (Wildman–Crippen LogP) is 4.00. The molecule has 1 amide bonds. The number of nitrogens with one attached hydrogen (secondary N) is 1. The molecule has 0 radical (unpaired) electrons. The van der Waals surface area contributed by atoms with Crippen LogP contribution >= 0.6 is 11.8 Å². The highest BCUT2D eigenvalue weighted by molar-refractivity contribution is 8.00. The minimum Gasteiger partial charge on any atom is -0.326 e. The number of hydrogen-bond donors (Lipinski definition) is 1. The van der Waals surface area contributed by atoms with Gasteiger partial charge in [0.2, 0.25) is 5.91 Å². The highest BCUT2D eigenvalue weighted by Gasteiger charge is 2.31. The number of hydrogen-bond acceptors (Lipinski definition) is 6. The van der Waals surface area contributed by atoms with Gasteiger partial charge in [-0.3, -0.25) is 19.1 Å². The Bertz CT molecular complexity index is 1030. The van der Waals surface area contributed by atoms with E-state index in [4.69, 9.17) is 0 Å². The maximum Gasteiger partial charge on any atom is 0.221 e. The fourth-order valence-electron chi connectivity index (χ4n) is 3.08. The first-order valence-corrected chi connectivity index (χ1v) is 10.3. The summed E-state index contributed by atoms with van der Waals surface area (Å²) in [5.74, 6) is 0.664. The van der Waals surface area contributed by atoms with E-state index in [1.807, 2.05) is 19.1 Å². The van der Waals surface area contributed by atoms with Crippen LogP contribution in [-0.4, -0.2) is 36.7 Å². The van der Waals surface area contributed by atoms with Crippen LogP contribution in [0.5, 0.6) is 0 Å². The van der Waals surface area contributed by atoms with Gasteiger partial charge in [-0.15, -0.1) is 10.2 Å². The first-order chi connectivity index (χ1) is 14.0. The van der Waals surface area contributed by atoms with Crippen LogP contribution in [0.3, 0.4) is 0 Å². The molecule has 2 aromatic heterocycles. The molecule has 1 aromatic carbocycles. The number of ketones is 1. The number of benzene rings is 1. The number of aromatic nitrogens is 4. The zero-order chi connectivity index (χ0) is 20.4. The number of thioether (sulfide) groups is 1. The number of anilines is 1. The van der Waals surface area contributed by atoms with Gasteiger partial charge in [0.1, 0.15) is 0 Å². The second kappa shape index (κ2) is 8.16. The molecule has 8 heteroatoms. The quantitative estimate of drug-likeness (QED) is 0.470. The summed E-state index contributed by atoms with van der Waals surface area (Å²) < 4.78 is 2.13. The molecule has 0 bridgehead atoms. The van der Waals surface area contributed by atoms with Crippen LogP contribution < -0.4 is 5.32 Å². The molecule has 0 aliphatic heterocycles. The van der Waals surface area contributed by atoms with E-state index < -0.39 is 0 Å². The molecule has 4 rings (SSSR count). The first kappa shape index (κ1) is 19.3. The van der Waals surface area contributed by atoms with Crippen molar-refractivity contribution >= 4 is 29.1 Å². The number of carbonyl (C=O) groups excluding carboxylic acids is 2. The molecule has 3 aromatic rings. The fraction of sp³-hybridized carbons (Fsp3) is 0.286. The van der Waals surface area contributed by atoms with E-state index in [1.54, 1.807) is 36.7 Å². The zero-order valence-electron chi connectivity index (χ0n) is 16.2. The summed E-state index contributed by atoms with van der Waals surface area (Å²) in [6.07, 6.45) is 5.69. The van der Waals surface area contributed by atoms with Crippen molar-refractivity contribution in [3.05, 3.63) is 54.4 Å². The molecule has 0 unspecified atom stereocenters. The second-order valence-electron chi connectivity index (χ2n) is 7.03. The van der Waals surface area contributed by atoms with E-state index in [1.165, 1.54) is 18.7 Å². The Morgan fingerprint density at radius 2 is 1.93 bits per heavy atom. The van der Waals surface area contributed by atoms with Gasteiger partial charge in [-0.25, -0.2) is 0 Å². The van der Waals surface area contributed by atoms with Crippen LogP contribution in [0.1, 0.15) is 43.1 Å². The predicted molar refractivity (Wildman–Crippen MR) is 112 cm³/mol. The summed E-state index contributed by atoms with van der Waals surface area (Å²) in [7, 11) is 0. The van der Waals surface area contributed by atoms with Gasteiger partial charge in [-0.2, -0.15) is 0 Å². The lowest BCUT2D eigenvalue weighted by atomic mass is 10.1. The number of carbonyl (C=O) groups is 2. The molecule has 7 nitrogen and oxygen atoms in total. The second-order valence-corrected chi connectivity index (χ2v) is 8.34. The van der Waals surface area contributed by atoms with E-state index in [-0.39, 0.29) is 16.9 Å². The van der Waals surface area contributed by atoms with Gasteiger partial charge < -0.3 is 5.32 Å². The Labute approximate surface area is 173 Å². The molecule has 2 heterocycles. The lowest BCUT2D eigenvalue weighted by molar-refractivity contribution is -0.114. The summed E-state index contributed by atoms with van der Waals surface area (Å²) in [6.45, 7) is 3.33. The summed E-state index contributed by atoms with van der Waals surface area (Å²) in [6, 6.07) is 11.2. The molecule has 148 valence electrons. The van der Waals surface area contributed by atoms with Crippen LogP contribution in [-0.2, 0) is 4.79 Å². The molecule has 1 fully saturated rings. The lowest BCUT2D eigenvalue weighted by Gasteiger charge is -2.13. The van der Waals surface area contributed by atoms with Crippen molar-refractivity contribution in [2.75, 3.05) is 5.32 Å². The number of pyridine rings is 1. The number of rotatable bonds is 7. The van der Waals surface area contributed by atoms with Crippen molar-refractivity contribution in [2.24, 2.45) is 0 Å². The average Bonchev–Trinajstić information content (AvgIpc) is 3.48. The minimum absolute atomic E-state index is 0.0117. The van der Waals surface area contributed by atoms with Gasteiger partial charge in [-0.1, -0.05) is 11.8 Å². The molecule has 1 aliphatic rings. The first-order valence-electron chi connectivity index (χ1n) is 9.47. The zero-order valence-corrected chi connectivity index (χ0v) is 17.0. The van der Waals surface area contributed by atoms with Crippen LogP contribution in [0, 0.1) is 0 Å². The van der Waals surface area contributed by atoms with Gasteiger partial charge in [-0.05, 0) is 56.2 Å². The highest BCUT2D eigenvalue weighted by Crippen LogP contribution is 2.41. The molecule has 1 aliphatic carbocycles. The summed E-state index contributed by atoms with van der Waals surface area (Å²) in [5, 5.41) is 11.9. The van der Waals surface area contributed by atoms with Crippen LogP contribution in [0.4, 0.5) is 5.69 Å². The van der Waals surface area contributed by atoms with E-state index in [0.29, 0.717) is 17.3 Å². The minimum atomic E-state index is -0.315. The largest absolute Gasteiger partial charge is 0.326 e. The van der Waals surface area contributed by atoms with Crippen molar-refractivity contribution in [3.63, 3.8) is 0 Å². The fourth-order valence-corrected chi connectivity index (χ4v) is 4.07. The van der Waals surface area contributed by atoms with Gasteiger partial charge in [0.15, 0.2) is 16.8 Å². The normalized spacial score (nSPS) is 14.4. The average molecular weight is 407 g/mol. The van der Waals surface area contributed by atoms with Gasteiger partial charge in [0, 0.05) is 42.2 Å². The molecule has 1 saturated carbocycles. The molecule has 1 atom stereocenters. The number of nitrogens with zero attached hydrogens (tertiary/aromatic N) is 4. The van der Waals surface area contributed by atoms with E-state index >= 15 is 0 Å². The molecule has 1 N–H and O–H groups in total. The van der Waals surface area contributed by atoms with E-state index in [0.717, 1.165) is 29.4 Å². The maximum absolute atomic E-state index is 12.9. The standard InChI is InChI=1S/C21H21N5O2S/c1-13(19(28)15-5-7-17(8-6-15)23-14(2)27)29-21-25-24-20(26(21)18-9-10-18)16-4-3-11-22-12-16/h3-8,11-13,18H,9-10H2,1-2H3,(H,23,27)/t13-/m0/s1. The van der Waals surface area contributed by atoms with Crippen LogP contribution in [0.25, 0.3) is 11.4 Å². The maximum atomic E-state index is 12.9. The smallest absolute Gasteiger partial charge is 0.221 e. The molecule has 29 heavy (non-hydrogen) atoms. The third-order valence-corrected chi connectivity index (χ3v) is 5.69.